The Morgan fingerprint density at radius 1 is 1.47 bits per heavy atom. The summed E-state index contributed by atoms with van der Waals surface area (Å²) in [5.74, 6) is -0.700. The smallest absolute Gasteiger partial charge is 0.412 e. The van der Waals surface area contributed by atoms with Gasteiger partial charge >= 0.3 is 12.1 Å². The minimum atomic E-state index is -1.09. The Morgan fingerprint density at radius 3 is 2.68 bits per heavy atom. The number of aromatic carboxylic acids is 1. The maximum Gasteiger partial charge on any atom is 0.412 e. The molecule has 2 N–H and O–H groups in total. The summed E-state index contributed by atoms with van der Waals surface area (Å²) in [7, 11) is 1.43. The van der Waals surface area contributed by atoms with Crippen LogP contribution in [0.4, 0.5) is 10.5 Å². The first kappa shape index (κ1) is 14.6. The highest BCUT2D eigenvalue weighted by molar-refractivity contribution is 5.93. The average molecular weight is 265 g/mol. The second-order valence-corrected chi connectivity index (χ2v) is 3.69. The van der Waals surface area contributed by atoms with Gasteiger partial charge in [-0.25, -0.2) is 9.59 Å². The number of aryl methyl sites for hydroxylation is 1. The molecule has 6 heteroatoms. The Labute approximate surface area is 110 Å². The van der Waals surface area contributed by atoms with Crippen LogP contribution in [0.3, 0.4) is 0 Å². The van der Waals surface area contributed by atoms with Gasteiger partial charge in [0.05, 0.1) is 18.4 Å². The highest BCUT2D eigenvalue weighted by atomic mass is 16.5. The van der Waals surface area contributed by atoms with Gasteiger partial charge in [-0.1, -0.05) is 12.7 Å². The van der Waals surface area contributed by atoms with E-state index in [4.69, 9.17) is 14.6 Å². The van der Waals surface area contributed by atoms with Crippen molar-refractivity contribution in [1.82, 2.24) is 0 Å². The first-order valence-electron chi connectivity index (χ1n) is 5.46. The van der Waals surface area contributed by atoms with Crippen molar-refractivity contribution in [1.29, 1.82) is 0 Å². The quantitative estimate of drug-likeness (QED) is 0.799. The third kappa shape index (κ3) is 3.74. The van der Waals surface area contributed by atoms with Crippen molar-refractivity contribution in [3.8, 4) is 5.75 Å². The predicted molar refractivity (Wildman–Crippen MR) is 69.9 cm³/mol. The first-order valence-corrected chi connectivity index (χ1v) is 5.46. The van der Waals surface area contributed by atoms with E-state index in [9.17, 15) is 9.59 Å². The lowest BCUT2D eigenvalue weighted by atomic mass is 10.1. The molecule has 1 amide bonds. The van der Waals surface area contributed by atoms with Crippen LogP contribution in [0.25, 0.3) is 0 Å². The van der Waals surface area contributed by atoms with Gasteiger partial charge in [-0.3, -0.25) is 5.32 Å². The van der Waals surface area contributed by atoms with Crippen molar-refractivity contribution < 1.29 is 24.2 Å². The Balaban J connectivity index is 3.06. The summed E-state index contributed by atoms with van der Waals surface area (Å²) in [4.78, 5) is 22.4. The first-order chi connectivity index (χ1) is 8.99. The Bertz CT molecular complexity index is 510. The summed E-state index contributed by atoms with van der Waals surface area (Å²) in [6.45, 7) is 5.16. The Hall–Kier alpha value is -2.50. The van der Waals surface area contributed by atoms with E-state index in [0.717, 1.165) is 0 Å². The maximum absolute atomic E-state index is 11.4. The van der Waals surface area contributed by atoms with Gasteiger partial charge in [0.1, 0.15) is 12.4 Å². The molecule has 0 fully saturated rings. The van der Waals surface area contributed by atoms with Crippen LogP contribution in [0.15, 0.2) is 24.8 Å². The van der Waals surface area contributed by atoms with E-state index in [1.807, 2.05) is 0 Å². The minimum Gasteiger partial charge on any atom is -0.494 e. The molecule has 6 nitrogen and oxygen atoms in total. The summed E-state index contributed by atoms with van der Waals surface area (Å²) in [6.07, 6.45) is 0.718. The summed E-state index contributed by atoms with van der Waals surface area (Å²) in [5, 5.41) is 11.4. The van der Waals surface area contributed by atoms with Crippen LogP contribution in [0.2, 0.25) is 0 Å². The number of nitrogens with one attached hydrogen (secondary N) is 1. The van der Waals surface area contributed by atoms with E-state index in [1.165, 1.54) is 25.3 Å². The molecule has 1 aromatic carbocycles. The molecular weight excluding hydrogens is 250 g/mol. The summed E-state index contributed by atoms with van der Waals surface area (Å²) >= 11 is 0. The maximum atomic E-state index is 11.4. The van der Waals surface area contributed by atoms with Gasteiger partial charge in [0.25, 0.3) is 0 Å². The highest BCUT2D eigenvalue weighted by Crippen LogP contribution is 2.30. The van der Waals surface area contributed by atoms with E-state index >= 15 is 0 Å². The lowest BCUT2D eigenvalue weighted by molar-refractivity contribution is 0.0696. The molecule has 0 aliphatic rings. The standard InChI is InChI=1S/C13H15NO5/c1-4-5-19-13(17)14-10-7-9(12(15)16)6-8(2)11(10)18-3/h4,6-7H,1,5H2,2-3H3,(H,14,17)(H,15,16). The SMILES string of the molecule is C=CCOC(=O)Nc1cc(C(=O)O)cc(C)c1OC. The average Bonchev–Trinajstić information content (AvgIpc) is 2.35. The second-order valence-electron chi connectivity index (χ2n) is 3.69. The number of hydrogen-bond donors (Lipinski definition) is 2. The van der Waals surface area contributed by atoms with Crippen molar-refractivity contribution in [3.63, 3.8) is 0 Å². The van der Waals surface area contributed by atoms with Crippen LogP contribution in [0.1, 0.15) is 15.9 Å². The largest absolute Gasteiger partial charge is 0.494 e. The molecule has 1 aromatic rings. The van der Waals surface area contributed by atoms with Gasteiger partial charge in [0.2, 0.25) is 0 Å². The van der Waals surface area contributed by atoms with Crippen LogP contribution in [0, 0.1) is 6.92 Å². The second kappa shape index (κ2) is 6.44. The number of carboxylic acids is 1. The fraction of sp³-hybridized carbons (Fsp3) is 0.231. The third-order valence-electron chi connectivity index (χ3n) is 2.29. The lowest BCUT2D eigenvalue weighted by Crippen LogP contribution is -2.15. The highest BCUT2D eigenvalue weighted by Gasteiger charge is 2.15. The summed E-state index contributed by atoms with van der Waals surface area (Å²) in [6, 6.07) is 2.77. The zero-order valence-electron chi connectivity index (χ0n) is 10.7. The molecule has 0 unspecified atom stereocenters. The van der Waals surface area contributed by atoms with E-state index in [0.29, 0.717) is 11.3 Å². The van der Waals surface area contributed by atoms with Crippen molar-refractivity contribution in [2.24, 2.45) is 0 Å². The molecule has 0 aliphatic carbocycles. The number of carboxylic acid groups (broad SMARTS) is 1. The molecule has 0 aromatic heterocycles. The monoisotopic (exact) mass is 265 g/mol. The number of ether oxygens (including phenoxy) is 2. The fourth-order valence-electron chi connectivity index (χ4n) is 1.54. The number of carbonyl (C=O) groups is 2. The fourth-order valence-corrected chi connectivity index (χ4v) is 1.54. The van der Waals surface area contributed by atoms with Gasteiger partial charge in [0.15, 0.2) is 0 Å². The van der Waals surface area contributed by atoms with Crippen molar-refractivity contribution in [2.45, 2.75) is 6.92 Å². The molecule has 0 atom stereocenters. The lowest BCUT2D eigenvalue weighted by Gasteiger charge is -2.13. The topological polar surface area (TPSA) is 84.9 Å². The number of carbonyl (C=O) groups excluding carboxylic acids is 1. The minimum absolute atomic E-state index is 0.0531. The van der Waals surface area contributed by atoms with Crippen LogP contribution >= 0.6 is 0 Å². The Kier molecular flexibility index (Phi) is 4.93. The molecule has 19 heavy (non-hydrogen) atoms. The number of amides is 1. The molecule has 0 spiro atoms. The van der Waals surface area contributed by atoms with Gasteiger partial charge < -0.3 is 14.6 Å². The van der Waals surface area contributed by atoms with Crippen molar-refractivity contribution in [2.75, 3.05) is 19.0 Å². The van der Waals surface area contributed by atoms with Crippen molar-refractivity contribution >= 4 is 17.7 Å². The van der Waals surface area contributed by atoms with E-state index in [1.54, 1.807) is 6.92 Å². The van der Waals surface area contributed by atoms with Crippen molar-refractivity contribution in [3.05, 3.63) is 35.9 Å². The van der Waals surface area contributed by atoms with Crippen LogP contribution in [-0.4, -0.2) is 30.9 Å². The van der Waals surface area contributed by atoms with E-state index in [-0.39, 0.29) is 17.9 Å². The van der Waals surface area contributed by atoms with Crippen LogP contribution < -0.4 is 10.1 Å². The molecule has 0 bridgehead atoms. The summed E-state index contributed by atoms with van der Waals surface area (Å²) in [5.41, 5.74) is 0.896. The molecule has 0 heterocycles. The molecule has 0 aliphatic heterocycles. The van der Waals surface area contributed by atoms with Gasteiger partial charge in [-0.15, -0.1) is 0 Å². The zero-order valence-corrected chi connectivity index (χ0v) is 10.7. The zero-order chi connectivity index (χ0) is 14.4. The van der Waals surface area contributed by atoms with Gasteiger partial charge in [0, 0.05) is 0 Å². The molecule has 0 radical (unpaired) electrons. The Morgan fingerprint density at radius 2 is 2.16 bits per heavy atom. The molecule has 0 saturated heterocycles. The molecule has 0 saturated carbocycles. The molecular formula is C13H15NO5. The number of methoxy groups -OCH3 is 1. The molecule has 1 rings (SSSR count). The van der Waals surface area contributed by atoms with E-state index < -0.39 is 12.1 Å². The van der Waals surface area contributed by atoms with Gasteiger partial charge in [-0.05, 0) is 24.6 Å². The predicted octanol–water partition coefficient (Wildman–Crippen LogP) is 2.44. The van der Waals surface area contributed by atoms with Gasteiger partial charge in [-0.2, -0.15) is 0 Å². The number of rotatable bonds is 5. The van der Waals surface area contributed by atoms with Crippen LogP contribution in [-0.2, 0) is 4.74 Å². The summed E-state index contributed by atoms with van der Waals surface area (Å²) < 4.78 is 9.90. The number of hydrogen-bond acceptors (Lipinski definition) is 4. The number of benzene rings is 1. The van der Waals surface area contributed by atoms with E-state index in [2.05, 4.69) is 11.9 Å². The molecule has 102 valence electrons. The van der Waals surface area contributed by atoms with Crippen LogP contribution in [0.5, 0.6) is 5.75 Å². The number of anilines is 1. The third-order valence-corrected chi connectivity index (χ3v) is 2.29. The normalized spacial score (nSPS) is 9.58.